The first-order valence-electron chi connectivity index (χ1n) is 3.28. The van der Waals surface area contributed by atoms with Crippen molar-refractivity contribution in [2.24, 2.45) is 0 Å². The van der Waals surface area contributed by atoms with Crippen LogP contribution < -0.4 is 0 Å². The Morgan fingerprint density at radius 3 is 2.62 bits per heavy atom. The summed E-state index contributed by atoms with van der Waals surface area (Å²) >= 11 is 5.27. The highest BCUT2D eigenvalue weighted by molar-refractivity contribution is 6.16. The fourth-order valence-electron chi connectivity index (χ4n) is 0.813. The van der Waals surface area contributed by atoms with Crippen molar-refractivity contribution in [3.8, 4) is 5.75 Å². The maximum atomic E-state index is 12.6. The first-order chi connectivity index (χ1) is 6.06. The highest BCUT2D eigenvalue weighted by Crippen LogP contribution is 2.30. The molecule has 1 aromatic rings. The van der Waals surface area contributed by atoms with Gasteiger partial charge in [0.25, 0.3) is 12.4 Å². The van der Waals surface area contributed by atoms with E-state index >= 15 is 0 Å². The third kappa shape index (κ3) is 2.03. The molecule has 0 aromatic carbocycles. The molecule has 6 heteroatoms. The van der Waals surface area contributed by atoms with Gasteiger partial charge in [-0.25, -0.2) is 13.8 Å². The Hall–Kier alpha value is -0.970. The molecule has 0 unspecified atom stereocenters. The summed E-state index contributed by atoms with van der Waals surface area (Å²) in [4.78, 5) is 3.15. The van der Waals surface area contributed by atoms with Gasteiger partial charge in [-0.3, -0.25) is 0 Å². The van der Waals surface area contributed by atoms with Gasteiger partial charge in [0.1, 0.15) is 0 Å². The minimum absolute atomic E-state index is 0.0349. The van der Waals surface area contributed by atoms with Gasteiger partial charge in [0, 0.05) is 0 Å². The number of aromatic nitrogens is 1. The van der Waals surface area contributed by atoms with Crippen LogP contribution in [0.15, 0.2) is 6.07 Å². The van der Waals surface area contributed by atoms with Crippen LogP contribution in [0.5, 0.6) is 5.75 Å². The number of aromatic hydroxyl groups is 1. The molecule has 0 aliphatic rings. The van der Waals surface area contributed by atoms with Crippen molar-refractivity contribution >= 4 is 11.6 Å². The Bertz CT molecular complexity index is 319. The van der Waals surface area contributed by atoms with Crippen molar-refractivity contribution in [1.82, 2.24) is 4.98 Å². The van der Waals surface area contributed by atoms with Gasteiger partial charge in [0.2, 0.25) is 0 Å². The molecule has 13 heavy (non-hydrogen) atoms. The second kappa shape index (κ2) is 3.83. The number of nitrogens with zero attached hydrogens (tertiary/aromatic N) is 1. The Labute approximate surface area is 77.0 Å². The van der Waals surface area contributed by atoms with E-state index in [1.165, 1.54) is 0 Å². The predicted molar refractivity (Wildman–Crippen MR) is 40.4 cm³/mol. The number of alkyl halides is 3. The predicted octanol–water partition coefficient (Wildman–Crippen LogP) is 2.60. The normalized spacial score (nSPS) is 10.8. The van der Waals surface area contributed by atoms with Gasteiger partial charge < -0.3 is 5.11 Å². The van der Waals surface area contributed by atoms with Crippen LogP contribution in [0, 0.1) is 5.95 Å². The third-order valence-corrected chi connectivity index (χ3v) is 1.68. The monoisotopic (exact) mass is 211 g/mol. The fourth-order valence-corrected chi connectivity index (χ4v) is 0.950. The van der Waals surface area contributed by atoms with Crippen molar-refractivity contribution in [2.45, 2.75) is 12.3 Å². The largest absolute Gasteiger partial charge is 0.503 e. The molecule has 0 fully saturated rings. The smallest absolute Gasteiger partial charge is 0.267 e. The van der Waals surface area contributed by atoms with E-state index in [2.05, 4.69) is 4.98 Å². The first-order valence-corrected chi connectivity index (χ1v) is 3.82. The number of pyridine rings is 1. The van der Waals surface area contributed by atoms with E-state index in [1.54, 1.807) is 0 Å². The Kier molecular flexibility index (Phi) is 2.98. The van der Waals surface area contributed by atoms with Crippen LogP contribution in [0.1, 0.15) is 17.7 Å². The molecule has 0 aliphatic heterocycles. The Morgan fingerprint density at radius 1 is 1.54 bits per heavy atom. The quantitative estimate of drug-likeness (QED) is 0.603. The van der Waals surface area contributed by atoms with Gasteiger partial charge in [0.15, 0.2) is 5.75 Å². The maximum absolute atomic E-state index is 12.6. The summed E-state index contributed by atoms with van der Waals surface area (Å²) in [5.74, 6) is -2.63. The van der Waals surface area contributed by atoms with E-state index in [9.17, 15) is 13.2 Å². The van der Waals surface area contributed by atoms with Crippen LogP contribution in [0.4, 0.5) is 13.2 Å². The average molecular weight is 212 g/mol. The van der Waals surface area contributed by atoms with Gasteiger partial charge in [-0.15, -0.1) is 11.6 Å². The fraction of sp³-hybridized carbons (Fsp3) is 0.286. The summed E-state index contributed by atoms with van der Waals surface area (Å²) < 4.78 is 36.9. The molecular formula is C7H5ClF3NO. The second-order valence-corrected chi connectivity index (χ2v) is 2.54. The number of hydrogen-bond acceptors (Lipinski definition) is 2. The Balaban J connectivity index is 3.25. The summed E-state index contributed by atoms with van der Waals surface area (Å²) in [6.45, 7) is 0. The lowest BCUT2D eigenvalue weighted by Crippen LogP contribution is -1.96. The SMILES string of the molecule is Oc1c(C(F)F)cc(CCl)nc1F. The standard InChI is InChI=1S/C7H5ClF3NO/c8-2-3-1-4(6(9)10)5(13)7(11)12-3/h1,6,13H,2H2. The Morgan fingerprint density at radius 2 is 2.15 bits per heavy atom. The molecule has 1 aromatic heterocycles. The highest BCUT2D eigenvalue weighted by atomic mass is 35.5. The first kappa shape index (κ1) is 10.1. The number of hydrogen-bond donors (Lipinski definition) is 1. The molecule has 0 saturated heterocycles. The highest BCUT2D eigenvalue weighted by Gasteiger charge is 2.18. The zero-order chi connectivity index (χ0) is 10.0. The topological polar surface area (TPSA) is 33.1 Å². The van der Waals surface area contributed by atoms with E-state index in [-0.39, 0.29) is 11.6 Å². The third-order valence-electron chi connectivity index (χ3n) is 1.40. The molecule has 2 nitrogen and oxygen atoms in total. The number of halogens is 4. The minimum Gasteiger partial charge on any atom is -0.503 e. The molecular weight excluding hydrogens is 207 g/mol. The molecule has 72 valence electrons. The second-order valence-electron chi connectivity index (χ2n) is 2.28. The maximum Gasteiger partial charge on any atom is 0.267 e. The lowest BCUT2D eigenvalue weighted by molar-refractivity contribution is 0.146. The molecule has 0 aliphatic carbocycles. The molecule has 0 amide bonds. The molecule has 1 heterocycles. The van der Waals surface area contributed by atoms with E-state index < -0.39 is 23.7 Å². The molecule has 0 radical (unpaired) electrons. The van der Waals surface area contributed by atoms with E-state index in [1.807, 2.05) is 0 Å². The lowest BCUT2D eigenvalue weighted by atomic mass is 10.2. The molecule has 1 N–H and O–H groups in total. The minimum atomic E-state index is -2.94. The van der Waals surface area contributed by atoms with Crippen LogP contribution in [0.3, 0.4) is 0 Å². The molecule has 0 atom stereocenters. The van der Waals surface area contributed by atoms with E-state index in [4.69, 9.17) is 16.7 Å². The lowest BCUT2D eigenvalue weighted by Gasteiger charge is -2.05. The van der Waals surface area contributed by atoms with Crippen molar-refractivity contribution < 1.29 is 18.3 Å². The summed E-state index contributed by atoms with van der Waals surface area (Å²) in [5.41, 5.74) is -0.824. The van der Waals surface area contributed by atoms with Crippen LogP contribution in [0.25, 0.3) is 0 Å². The summed E-state index contributed by atoms with van der Waals surface area (Å²) in [6, 6.07) is 0.871. The van der Waals surface area contributed by atoms with E-state index in [0.717, 1.165) is 6.07 Å². The zero-order valence-corrected chi connectivity index (χ0v) is 7.02. The van der Waals surface area contributed by atoms with Crippen molar-refractivity contribution in [3.05, 3.63) is 23.3 Å². The van der Waals surface area contributed by atoms with Crippen molar-refractivity contribution in [2.75, 3.05) is 0 Å². The van der Waals surface area contributed by atoms with Crippen molar-refractivity contribution in [3.63, 3.8) is 0 Å². The summed E-state index contributed by atoms with van der Waals surface area (Å²) in [7, 11) is 0. The van der Waals surface area contributed by atoms with Gasteiger partial charge in [-0.2, -0.15) is 4.39 Å². The molecule has 1 rings (SSSR count). The van der Waals surface area contributed by atoms with Crippen LogP contribution >= 0.6 is 11.6 Å². The average Bonchev–Trinajstić information content (AvgIpc) is 2.09. The van der Waals surface area contributed by atoms with Crippen LogP contribution in [-0.2, 0) is 5.88 Å². The van der Waals surface area contributed by atoms with Gasteiger partial charge >= 0.3 is 0 Å². The van der Waals surface area contributed by atoms with Gasteiger partial charge in [0.05, 0.1) is 17.1 Å². The zero-order valence-electron chi connectivity index (χ0n) is 6.27. The summed E-state index contributed by atoms with van der Waals surface area (Å²) in [6.07, 6.45) is -2.94. The van der Waals surface area contributed by atoms with E-state index in [0.29, 0.717) is 0 Å². The van der Waals surface area contributed by atoms with Gasteiger partial charge in [-0.05, 0) is 6.07 Å². The van der Waals surface area contributed by atoms with Crippen molar-refractivity contribution in [1.29, 1.82) is 0 Å². The molecule has 0 bridgehead atoms. The molecule has 0 spiro atoms. The van der Waals surface area contributed by atoms with Crippen LogP contribution in [0.2, 0.25) is 0 Å². The number of rotatable bonds is 2. The van der Waals surface area contributed by atoms with Gasteiger partial charge in [-0.1, -0.05) is 0 Å². The van der Waals surface area contributed by atoms with Crippen LogP contribution in [-0.4, -0.2) is 10.1 Å². The molecule has 0 saturated carbocycles. The summed E-state index contributed by atoms with van der Waals surface area (Å²) in [5, 5.41) is 8.83.